The first-order valence-corrected chi connectivity index (χ1v) is 7.54. The van der Waals surface area contributed by atoms with Crippen LogP contribution in [-0.2, 0) is 20.7 Å². The van der Waals surface area contributed by atoms with Crippen molar-refractivity contribution in [2.45, 2.75) is 45.3 Å². The molecular weight excluding hydrogens is 282 g/mol. The quantitative estimate of drug-likeness (QED) is 0.717. The molecule has 22 heavy (non-hydrogen) atoms. The monoisotopic (exact) mass is 307 g/mol. The van der Waals surface area contributed by atoms with Crippen LogP contribution in [0.25, 0.3) is 0 Å². The van der Waals surface area contributed by atoms with Gasteiger partial charge in [-0.3, -0.25) is 4.79 Å². The fraction of sp³-hybridized carbons (Fsp3) is 0.529. The molecule has 0 saturated heterocycles. The zero-order valence-corrected chi connectivity index (χ0v) is 13.4. The Hall–Kier alpha value is -1.88. The van der Waals surface area contributed by atoms with Gasteiger partial charge in [-0.05, 0) is 30.7 Å². The Balaban J connectivity index is 2.61. The van der Waals surface area contributed by atoms with E-state index in [1.807, 2.05) is 44.2 Å². The Morgan fingerprint density at radius 2 is 1.86 bits per heavy atom. The second kappa shape index (κ2) is 9.20. The van der Waals surface area contributed by atoms with Crippen molar-refractivity contribution in [3.8, 4) is 0 Å². The van der Waals surface area contributed by atoms with Crippen LogP contribution in [0.1, 0.15) is 32.3 Å². The van der Waals surface area contributed by atoms with Gasteiger partial charge in [-0.2, -0.15) is 0 Å². The number of hydrogen-bond donors (Lipinski definition) is 2. The Labute approximate surface area is 131 Å². The number of methoxy groups -OCH3 is 1. The second-order valence-corrected chi connectivity index (χ2v) is 5.75. The van der Waals surface area contributed by atoms with E-state index in [4.69, 9.17) is 4.74 Å². The molecule has 1 amide bonds. The Bertz CT molecular complexity index is 473. The first-order chi connectivity index (χ1) is 10.4. The predicted molar refractivity (Wildman–Crippen MR) is 84.2 cm³/mol. The Morgan fingerprint density at radius 1 is 1.23 bits per heavy atom. The Morgan fingerprint density at radius 3 is 2.41 bits per heavy atom. The molecule has 122 valence electrons. The van der Waals surface area contributed by atoms with E-state index < -0.39 is 24.0 Å². The normalized spacial score (nSPS) is 13.5. The van der Waals surface area contributed by atoms with Crippen LogP contribution >= 0.6 is 0 Å². The molecule has 0 aromatic heterocycles. The van der Waals surface area contributed by atoms with E-state index in [1.54, 1.807) is 0 Å². The van der Waals surface area contributed by atoms with Gasteiger partial charge >= 0.3 is 5.97 Å². The second-order valence-electron chi connectivity index (χ2n) is 5.75. The Kier molecular flexibility index (Phi) is 7.60. The zero-order chi connectivity index (χ0) is 16.5. The maximum absolute atomic E-state index is 12.0. The van der Waals surface area contributed by atoms with Gasteiger partial charge in [0.2, 0.25) is 5.91 Å². The summed E-state index contributed by atoms with van der Waals surface area (Å²) in [5.41, 5.74) is 1.08. The molecule has 2 atom stereocenters. The molecule has 0 heterocycles. The lowest BCUT2D eigenvalue weighted by Gasteiger charge is -2.19. The van der Waals surface area contributed by atoms with Crippen molar-refractivity contribution in [3.63, 3.8) is 0 Å². The number of nitrogens with one attached hydrogen (secondary N) is 1. The molecule has 5 heteroatoms. The number of hydrogen-bond acceptors (Lipinski definition) is 4. The molecule has 0 aliphatic heterocycles. The van der Waals surface area contributed by atoms with Gasteiger partial charge in [0.25, 0.3) is 0 Å². The number of carbonyl (C=O) groups excluding carboxylic acids is 2. The topological polar surface area (TPSA) is 75.6 Å². The van der Waals surface area contributed by atoms with Crippen molar-refractivity contribution in [2.75, 3.05) is 7.11 Å². The molecule has 0 bridgehead atoms. The van der Waals surface area contributed by atoms with Gasteiger partial charge in [-0.15, -0.1) is 0 Å². The number of amides is 1. The molecule has 5 nitrogen and oxygen atoms in total. The molecule has 0 aliphatic carbocycles. The number of ether oxygens (including phenoxy) is 1. The first-order valence-electron chi connectivity index (χ1n) is 7.54. The van der Waals surface area contributed by atoms with Crippen LogP contribution in [0.3, 0.4) is 0 Å². The van der Waals surface area contributed by atoms with E-state index in [1.165, 1.54) is 7.11 Å². The average molecular weight is 307 g/mol. The van der Waals surface area contributed by atoms with Crippen LogP contribution < -0.4 is 5.32 Å². The van der Waals surface area contributed by atoms with Crippen LogP contribution in [0.2, 0.25) is 0 Å². The summed E-state index contributed by atoms with van der Waals surface area (Å²) < 4.78 is 4.73. The standard InChI is InChI=1S/C17H25NO4/c1-12(2)11-15(19)16(20)18-14(17(21)22-3)10-9-13-7-5-4-6-8-13/h4-8,12,14-15,19H,9-11H2,1-3H3,(H,18,20)/t14-,15-/m0/s1. The summed E-state index contributed by atoms with van der Waals surface area (Å²) in [6, 6.07) is 8.94. The van der Waals surface area contributed by atoms with Gasteiger partial charge in [0.15, 0.2) is 0 Å². The highest BCUT2D eigenvalue weighted by Gasteiger charge is 2.25. The fourth-order valence-corrected chi connectivity index (χ4v) is 2.17. The summed E-state index contributed by atoms with van der Waals surface area (Å²) in [7, 11) is 1.29. The summed E-state index contributed by atoms with van der Waals surface area (Å²) >= 11 is 0. The van der Waals surface area contributed by atoms with E-state index in [0.717, 1.165) is 5.56 Å². The molecule has 0 fully saturated rings. The molecular formula is C17H25NO4. The number of esters is 1. The highest BCUT2D eigenvalue weighted by molar-refractivity contribution is 5.86. The molecule has 1 rings (SSSR count). The third kappa shape index (κ3) is 6.26. The highest BCUT2D eigenvalue weighted by Crippen LogP contribution is 2.08. The molecule has 1 aromatic carbocycles. The van der Waals surface area contributed by atoms with Crippen LogP contribution in [0.15, 0.2) is 30.3 Å². The summed E-state index contributed by atoms with van der Waals surface area (Å²) in [6.45, 7) is 3.84. The number of rotatable bonds is 8. The minimum absolute atomic E-state index is 0.196. The number of benzene rings is 1. The molecule has 0 unspecified atom stereocenters. The van der Waals surface area contributed by atoms with Crippen molar-refractivity contribution in [3.05, 3.63) is 35.9 Å². The van der Waals surface area contributed by atoms with Crippen LogP contribution in [0, 0.1) is 5.92 Å². The summed E-state index contributed by atoms with van der Waals surface area (Å²) in [5.74, 6) is -0.833. The SMILES string of the molecule is COC(=O)[C@H](CCc1ccccc1)NC(=O)[C@@H](O)CC(C)C. The van der Waals surface area contributed by atoms with Crippen molar-refractivity contribution in [2.24, 2.45) is 5.92 Å². The van der Waals surface area contributed by atoms with E-state index in [-0.39, 0.29) is 5.92 Å². The minimum atomic E-state index is -1.11. The summed E-state index contributed by atoms with van der Waals surface area (Å²) in [6.07, 6.45) is 0.319. The lowest BCUT2D eigenvalue weighted by Crippen LogP contribution is -2.46. The molecule has 2 N–H and O–H groups in total. The van der Waals surface area contributed by atoms with Crippen LogP contribution in [-0.4, -0.2) is 36.2 Å². The number of aryl methyl sites for hydroxylation is 1. The zero-order valence-electron chi connectivity index (χ0n) is 13.4. The van der Waals surface area contributed by atoms with Crippen molar-refractivity contribution in [1.29, 1.82) is 0 Å². The molecule has 0 spiro atoms. The number of aliphatic hydroxyl groups excluding tert-OH is 1. The summed E-state index contributed by atoms with van der Waals surface area (Å²) in [4.78, 5) is 23.7. The van der Waals surface area contributed by atoms with Crippen LogP contribution in [0.4, 0.5) is 0 Å². The van der Waals surface area contributed by atoms with E-state index in [2.05, 4.69) is 5.32 Å². The van der Waals surface area contributed by atoms with Crippen molar-refractivity contribution >= 4 is 11.9 Å². The highest BCUT2D eigenvalue weighted by atomic mass is 16.5. The largest absolute Gasteiger partial charge is 0.467 e. The molecule has 0 aliphatic rings. The number of aliphatic hydroxyl groups is 1. The van der Waals surface area contributed by atoms with Gasteiger partial charge < -0.3 is 15.2 Å². The third-order valence-electron chi connectivity index (χ3n) is 3.36. The lowest BCUT2D eigenvalue weighted by molar-refractivity contribution is -0.146. The smallest absolute Gasteiger partial charge is 0.328 e. The van der Waals surface area contributed by atoms with Gasteiger partial charge in [-0.25, -0.2) is 4.79 Å². The maximum Gasteiger partial charge on any atom is 0.328 e. The lowest BCUT2D eigenvalue weighted by atomic mass is 10.0. The minimum Gasteiger partial charge on any atom is -0.467 e. The molecule has 1 aromatic rings. The van der Waals surface area contributed by atoms with Gasteiger partial charge in [0.05, 0.1) is 7.11 Å². The van der Waals surface area contributed by atoms with Crippen molar-refractivity contribution < 1.29 is 19.4 Å². The molecule has 0 radical (unpaired) electrons. The van der Waals surface area contributed by atoms with E-state index in [0.29, 0.717) is 19.3 Å². The summed E-state index contributed by atoms with van der Waals surface area (Å²) in [5, 5.41) is 12.4. The molecule has 0 saturated carbocycles. The van der Waals surface area contributed by atoms with E-state index >= 15 is 0 Å². The van der Waals surface area contributed by atoms with Gasteiger partial charge in [0.1, 0.15) is 12.1 Å². The van der Waals surface area contributed by atoms with Gasteiger partial charge in [-0.1, -0.05) is 44.2 Å². The first kappa shape index (κ1) is 18.2. The third-order valence-corrected chi connectivity index (χ3v) is 3.36. The number of carbonyl (C=O) groups is 2. The van der Waals surface area contributed by atoms with Gasteiger partial charge in [0, 0.05) is 0 Å². The fourth-order valence-electron chi connectivity index (χ4n) is 2.17. The van der Waals surface area contributed by atoms with Crippen LogP contribution in [0.5, 0.6) is 0 Å². The predicted octanol–water partition coefficient (Wildman–Crippen LogP) is 1.68. The van der Waals surface area contributed by atoms with Crippen molar-refractivity contribution in [1.82, 2.24) is 5.32 Å². The maximum atomic E-state index is 12.0. The van der Waals surface area contributed by atoms with E-state index in [9.17, 15) is 14.7 Å². The average Bonchev–Trinajstić information content (AvgIpc) is 2.50.